The molecule has 0 amide bonds. The van der Waals surface area contributed by atoms with Gasteiger partial charge in [-0.15, -0.1) is 0 Å². The van der Waals surface area contributed by atoms with E-state index in [-0.39, 0.29) is 11.7 Å². The smallest absolute Gasteiger partial charge is 0.356 e. The summed E-state index contributed by atoms with van der Waals surface area (Å²) in [6.07, 6.45) is 4.06. The maximum absolute atomic E-state index is 11.2. The molecule has 0 saturated carbocycles. The van der Waals surface area contributed by atoms with E-state index in [4.69, 9.17) is 0 Å². The van der Waals surface area contributed by atoms with E-state index >= 15 is 0 Å². The monoisotopic (exact) mass is 245 g/mol. The van der Waals surface area contributed by atoms with Gasteiger partial charge in [-0.3, -0.25) is 0 Å². The Kier molecular flexibility index (Phi) is 2.56. The molecule has 0 spiro atoms. The van der Waals surface area contributed by atoms with E-state index in [1.807, 2.05) is 29.7 Å². The molecule has 2 N–H and O–H groups in total. The van der Waals surface area contributed by atoms with Gasteiger partial charge >= 0.3 is 5.97 Å². The molecule has 3 heterocycles. The topological polar surface area (TPSA) is 66.6 Å². The van der Waals surface area contributed by atoms with Crippen molar-refractivity contribution < 1.29 is 9.90 Å². The lowest BCUT2D eigenvalue weighted by Gasteiger charge is -2.09. The summed E-state index contributed by atoms with van der Waals surface area (Å²) in [6.45, 7) is 2.96. The van der Waals surface area contributed by atoms with Crippen molar-refractivity contribution in [1.29, 1.82) is 0 Å². The van der Waals surface area contributed by atoms with Crippen molar-refractivity contribution in [2.24, 2.45) is 0 Å². The summed E-state index contributed by atoms with van der Waals surface area (Å²) in [6, 6.07) is 3.90. The fourth-order valence-electron chi connectivity index (χ4n) is 2.52. The highest BCUT2D eigenvalue weighted by molar-refractivity contribution is 5.93. The van der Waals surface area contributed by atoms with Gasteiger partial charge in [-0.1, -0.05) is 6.07 Å². The van der Waals surface area contributed by atoms with E-state index in [1.54, 1.807) is 0 Å². The molecule has 0 aliphatic carbocycles. The number of hydrogen-bond acceptors (Lipinski definition) is 3. The van der Waals surface area contributed by atoms with Crippen molar-refractivity contribution >= 4 is 11.5 Å². The lowest BCUT2D eigenvalue weighted by atomic mass is 10.2. The first-order chi connectivity index (χ1) is 8.66. The van der Waals surface area contributed by atoms with Crippen molar-refractivity contribution in [3.63, 3.8) is 0 Å². The van der Waals surface area contributed by atoms with Gasteiger partial charge in [0.05, 0.1) is 11.6 Å². The summed E-state index contributed by atoms with van der Waals surface area (Å²) in [5.74, 6) is -0.163. The quantitative estimate of drug-likeness (QED) is 0.846. The standard InChI is InChI=1S/C13H15N3O2/c1-8-4-5-10-11(13(17)18)15-12(16(10)7-8)9-3-2-6-14-9/h4-5,7,9,14H,2-3,6H2,1H3,(H,17,18). The summed E-state index contributed by atoms with van der Waals surface area (Å²) in [5.41, 5.74) is 1.89. The Balaban J connectivity index is 2.23. The van der Waals surface area contributed by atoms with Gasteiger partial charge in [0, 0.05) is 6.20 Å². The van der Waals surface area contributed by atoms with Crippen molar-refractivity contribution in [2.45, 2.75) is 25.8 Å². The minimum atomic E-state index is -0.972. The minimum Gasteiger partial charge on any atom is -0.476 e. The average molecular weight is 245 g/mol. The molecule has 94 valence electrons. The molecule has 1 aliphatic heterocycles. The van der Waals surface area contributed by atoms with E-state index in [0.29, 0.717) is 5.52 Å². The fraction of sp³-hybridized carbons (Fsp3) is 0.385. The molecule has 1 aliphatic rings. The fourth-order valence-corrected chi connectivity index (χ4v) is 2.52. The molecule has 0 bridgehead atoms. The van der Waals surface area contributed by atoms with Gasteiger partial charge in [-0.2, -0.15) is 0 Å². The highest BCUT2D eigenvalue weighted by Crippen LogP contribution is 2.25. The van der Waals surface area contributed by atoms with Crippen LogP contribution in [0.25, 0.3) is 5.52 Å². The lowest BCUT2D eigenvalue weighted by Crippen LogP contribution is -2.16. The predicted octanol–water partition coefficient (Wildman–Crippen LogP) is 1.77. The Bertz CT molecular complexity index is 612. The predicted molar refractivity (Wildman–Crippen MR) is 66.9 cm³/mol. The third-order valence-electron chi connectivity index (χ3n) is 3.39. The van der Waals surface area contributed by atoms with Crippen molar-refractivity contribution in [3.05, 3.63) is 35.4 Å². The van der Waals surface area contributed by atoms with Crippen LogP contribution in [-0.2, 0) is 0 Å². The highest BCUT2D eigenvalue weighted by Gasteiger charge is 2.24. The van der Waals surface area contributed by atoms with Crippen LogP contribution in [0.4, 0.5) is 0 Å². The summed E-state index contributed by atoms with van der Waals surface area (Å²) in [7, 11) is 0. The second-order valence-corrected chi connectivity index (χ2v) is 4.73. The maximum Gasteiger partial charge on any atom is 0.356 e. The SMILES string of the molecule is Cc1ccc2c(C(=O)O)nc(C3CCCN3)n2c1. The van der Waals surface area contributed by atoms with Crippen LogP contribution < -0.4 is 5.32 Å². The number of nitrogens with one attached hydrogen (secondary N) is 1. The molecular weight excluding hydrogens is 230 g/mol. The van der Waals surface area contributed by atoms with Gasteiger partial charge < -0.3 is 14.8 Å². The molecule has 2 aromatic heterocycles. The number of nitrogens with zero attached hydrogens (tertiary/aromatic N) is 2. The molecular formula is C13H15N3O2. The van der Waals surface area contributed by atoms with Crippen LogP contribution in [0.5, 0.6) is 0 Å². The van der Waals surface area contributed by atoms with Crippen molar-refractivity contribution in [1.82, 2.24) is 14.7 Å². The number of aromatic carboxylic acids is 1. The molecule has 3 rings (SSSR count). The van der Waals surface area contributed by atoms with E-state index < -0.39 is 5.97 Å². The van der Waals surface area contributed by atoms with Crippen LogP contribution in [0.15, 0.2) is 18.3 Å². The molecule has 1 unspecified atom stereocenters. The molecule has 0 radical (unpaired) electrons. The Morgan fingerprint density at radius 1 is 1.56 bits per heavy atom. The third kappa shape index (κ3) is 1.67. The molecule has 0 aromatic carbocycles. The Hall–Kier alpha value is -1.88. The zero-order valence-electron chi connectivity index (χ0n) is 10.2. The molecule has 1 saturated heterocycles. The third-order valence-corrected chi connectivity index (χ3v) is 3.39. The molecule has 18 heavy (non-hydrogen) atoms. The number of aryl methyl sites for hydroxylation is 1. The zero-order valence-corrected chi connectivity index (χ0v) is 10.2. The van der Waals surface area contributed by atoms with Gasteiger partial charge in [-0.05, 0) is 37.9 Å². The van der Waals surface area contributed by atoms with Crippen LogP contribution in [-0.4, -0.2) is 27.0 Å². The number of carboxylic acids is 1. The molecule has 1 atom stereocenters. The van der Waals surface area contributed by atoms with Gasteiger partial charge in [-0.25, -0.2) is 9.78 Å². The molecule has 5 nitrogen and oxygen atoms in total. The number of aromatic nitrogens is 2. The summed E-state index contributed by atoms with van der Waals surface area (Å²) < 4.78 is 1.90. The Morgan fingerprint density at radius 2 is 2.39 bits per heavy atom. The summed E-state index contributed by atoms with van der Waals surface area (Å²) in [5, 5.41) is 12.6. The van der Waals surface area contributed by atoms with Gasteiger partial charge in [0.15, 0.2) is 5.69 Å². The second kappa shape index (κ2) is 4.10. The van der Waals surface area contributed by atoms with E-state index in [0.717, 1.165) is 30.8 Å². The summed E-state index contributed by atoms with van der Waals surface area (Å²) >= 11 is 0. The second-order valence-electron chi connectivity index (χ2n) is 4.73. The number of fused-ring (bicyclic) bond motifs is 1. The van der Waals surface area contributed by atoms with Crippen molar-refractivity contribution in [3.8, 4) is 0 Å². The minimum absolute atomic E-state index is 0.138. The maximum atomic E-state index is 11.2. The number of pyridine rings is 1. The number of hydrogen-bond donors (Lipinski definition) is 2. The Labute approximate surface area is 104 Å². The first-order valence-electron chi connectivity index (χ1n) is 6.12. The van der Waals surface area contributed by atoms with E-state index in [9.17, 15) is 9.90 Å². The van der Waals surface area contributed by atoms with Crippen LogP contribution in [0.3, 0.4) is 0 Å². The first-order valence-corrected chi connectivity index (χ1v) is 6.12. The van der Waals surface area contributed by atoms with E-state index in [1.165, 1.54) is 0 Å². The van der Waals surface area contributed by atoms with Crippen LogP contribution in [0.1, 0.15) is 40.8 Å². The number of imidazole rings is 1. The van der Waals surface area contributed by atoms with Crippen LogP contribution in [0.2, 0.25) is 0 Å². The molecule has 5 heteroatoms. The van der Waals surface area contributed by atoms with Gasteiger partial charge in [0.1, 0.15) is 5.82 Å². The number of carbonyl (C=O) groups is 1. The highest BCUT2D eigenvalue weighted by atomic mass is 16.4. The summed E-state index contributed by atoms with van der Waals surface area (Å²) in [4.78, 5) is 15.5. The van der Waals surface area contributed by atoms with Gasteiger partial charge in [0.2, 0.25) is 0 Å². The lowest BCUT2D eigenvalue weighted by molar-refractivity contribution is 0.0693. The Morgan fingerprint density at radius 3 is 3.06 bits per heavy atom. The average Bonchev–Trinajstić information content (AvgIpc) is 2.93. The van der Waals surface area contributed by atoms with E-state index in [2.05, 4.69) is 10.3 Å². The number of rotatable bonds is 2. The van der Waals surface area contributed by atoms with Crippen LogP contribution in [0, 0.1) is 6.92 Å². The first kappa shape index (κ1) is 11.2. The van der Waals surface area contributed by atoms with Crippen LogP contribution >= 0.6 is 0 Å². The largest absolute Gasteiger partial charge is 0.476 e. The normalized spacial score (nSPS) is 19.5. The number of carboxylic acid groups (broad SMARTS) is 1. The molecule has 1 fully saturated rings. The molecule has 2 aromatic rings. The van der Waals surface area contributed by atoms with Crippen molar-refractivity contribution in [2.75, 3.05) is 6.54 Å². The van der Waals surface area contributed by atoms with Gasteiger partial charge in [0.25, 0.3) is 0 Å². The zero-order chi connectivity index (χ0) is 12.7.